The lowest BCUT2D eigenvalue weighted by Crippen LogP contribution is -2.42. The van der Waals surface area contributed by atoms with Crippen LogP contribution in [0, 0.1) is 5.41 Å². The first kappa shape index (κ1) is 24.1. The Morgan fingerprint density at radius 1 is 1.17 bits per heavy atom. The summed E-state index contributed by atoms with van der Waals surface area (Å²) in [5, 5.41) is 24.2. The summed E-state index contributed by atoms with van der Waals surface area (Å²) in [7, 11) is 0. The second-order valence-electron chi connectivity index (χ2n) is 9.88. The number of aromatic nitrogens is 4. The van der Waals surface area contributed by atoms with Crippen molar-refractivity contribution >= 4 is 23.6 Å². The third-order valence-corrected chi connectivity index (χ3v) is 6.05. The van der Waals surface area contributed by atoms with Gasteiger partial charge < -0.3 is 16.2 Å². The smallest absolute Gasteiger partial charge is 0.369 e. The molecule has 2 heterocycles. The molecule has 3 aromatic rings. The monoisotopic (exact) mass is 475 g/mol. The zero-order valence-electron chi connectivity index (χ0n) is 20.2. The predicted molar refractivity (Wildman–Crippen MR) is 135 cm³/mol. The molecule has 1 aliphatic carbocycles. The highest BCUT2D eigenvalue weighted by Gasteiger charge is 2.43. The molecule has 35 heavy (non-hydrogen) atoms. The first-order chi connectivity index (χ1) is 16.6. The van der Waals surface area contributed by atoms with Crippen LogP contribution in [0.4, 0.5) is 5.95 Å². The van der Waals surface area contributed by atoms with E-state index in [1.807, 2.05) is 45.0 Å². The Morgan fingerprint density at radius 2 is 1.83 bits per heavy atom. The van der Waals surface area contributed by atoms with Gasteiger partial charge in [0, 0.05) is 29.7 Å². The Balaban J connectivity index is 1.49. The maximum Gasteiger partial charge on any atom is 0.369 e. The Labute approximate surface area is 203 Å². The topological polar surface area (TPSA) is 158 Å². The molecule has 10 nitrogen and oxygen atoms in total. The molecule has 1 aromatic carbocycles. The van der Waals surface area contributed by atoms with E-state index in [-0.39, 0.29) is 35.7 Å². The van der Waals surface area contributed by atoms with Crippen LogP contribution in [0.5, 0.6) is 0 Å². The summed E-state index contributed by atoms with van der Waals surface area (Å²) in [6.45, 7) is 5.79. The molecular weight excluding hydrogens is 444 g/mol. The van der Waals surface area contributed by atoms with E-state index in [0.717, 1.165) is 36.0 Å². The highest BCUT2D eigenvalue weighted by Crippen LogP contribution is 2.45. The molecule has 182 valence electrons. The van der Waals surface area contributed by atoms with Crippen molar-refractivity contribution in [1.82, 2.24) is 25.1 Å². The summed E-state index contributed by atoms with van der Waals surface area (Å²) >= 11 is 0. The Hall–Kier alpha value is -4.08. The van der Waals surface area contributed by atoms with Crippen LogP contribution in [-0.2, 0) is 16.8 Å². The number of anilines is 1. The van der Waals surface area contributed by atoms with Gasteiger partial charge in [-0.05, 0) is 44.7 Å². The number of aliphatic imine (C=N–C) groups is 1. The van der Waals surface area contributed by atoms with Gasteiger partial charge in [-0.3, -0.25) is 14.9 Å². The molecule has 6 N–H and O–H groups in total. The zero-order valence-corrected chi connectivity index (χ0v) is 20.2. The van der Waals surface area contributed by atoms with E-state index in [1.165, 1.54) is 10.9 Å². The second-order valence-corrected chi connectivity index (χ2v) is 9.88. The van der Waals surface area contributed by atoms with Gasteiger partial charge in [0.1, 0.15) is 17.9 Å². The molecule has 4 rings (SSSR count). The quantitative estimate of drug-likeness (QED) is 0.283. The Bertz CT molecular complexity index is 1250. The van der Waals surface area contributed by atoms with Crippen LogP contribution in [0.2, 0.25) is 0 Å². The fraction of sp³-hybridized carbons (Fsp3) is 0.360. The van der Waals surface area contributed by atoms with Gasteiger partial charge in [-0.15, -0.1) is 4.99 Å². The number of carbonyl (C=O) groups is 1. The molecular formula is C25H31N8O2+. The highest BCUT2D eigenvalue weighted by molar-refractivity contribution is 6.04. The number of benzene rings is 1. The molecule has 0 spiro atoms. The Kier molecular flexibility index (Phi) is 6.38. The van der Waals surface area contributed by atoms with Crippen molar-refractivity contribution in [3.8, 4) is 11.1 Å². The molecule has 0 radical (unpaired) electrons. The number of amides is 1. The van der Waals surface area contributed by atoms with Crippen LogP contribution in [0.15, 0.2) is 54.0 Å². The van der Waals surface area contributed by atoms with Crippen LogP contribution < -0.4 is 11.1 Å². The number of hydrogen-bond donors (Lipinski definition) is 3. The van der Waals surface area contributed by atoms with Gasteiger partial charge in [0.25, 0.3) is 0 Å². The number of nitrogen functional groups attached to an aromatic ring is 1. The molecule has 1 amide bonds. The average molecular weight is 476 g/mol. The summed E-state index contributed by atoms with van der Waals surface area (Å²) in [6, 6.07) is 7.97. The third-order valence-electron chi connectivity index (χ3n) is 6.05. The lowest BCUT2D eigenvalue weighted by atomic mass is 9.63. The summed E-state index contributed by atoms with van der Waals surface area (Å²) in [6.07, 6.45) is 9.08. The van der Waals surface area contributed by atoms with E-state index in [4.69, 9.17) is 16.2 Å². The van der Waals surface area contributed by atoms with Gasteiger partial charge in [0.05, 0.1) is 11.6 Å². The minimum atomic E-state index is -0.509. The number of carbonyl (C=O) groups excluding carboxylic acids is 1. The minimum absolute atomic E-state index is 0.0422. The van der Waals surface area contributed by atoms with Crippen LogP contribution >= 0.6 is 0 Å². The van der Waals surface area contributed by atoms with E-state index in [0.29, 0.717) is 5.56 Å². The van der Waals surface area contributed by atoms with Crippen molar-refractivity contribution in [3.63, 3.8) is 0 Å². The first-order valence-corrected chi connectivity index (χ1v) is 11.5. The SMILES string of the molecule is CC(C)(C)NC(=O)Cn1cc(C([OH2+])=NC(=N)C2(c3ccc(-c4cnc(N)nc4)cc3)CCC2)cn1. The summed E-state index contributed by atoms with van der Waals surface area (Å²) in [5.41, 5.74) is 8.02. The predicted octanol–water partition coefficient (Wildman–Crippen LogP) is 2.41. The number of amidine groups is 1. The number of rotatable bonds is 6. The molecule has 0 unspecified atom stereocenters. The van der Waals surface area contributed by atoms with Crippen LogP contribution in [0.3, 0.4) is 0 Å². The van der Waals surface area contributed by atoms with Crippen molar-refractivity contribution < 1.29 is 9.90 Å². The van der Waals surface area contributed by atoms with E-state index < -0.39 is 5.41 Å². The van der Waals surface area contributed by atoms with E-state index in [2.05, 4.69) is 25.4 Å². The van der Waals surface area contributed by atoms with E-state index in [1.54, 1.807) is 18.6 Å². The van der Waals surface area contributed by atoms with Crippen LogP contribution in [-0.4, -0.2) is 48.0 Å². The molecule has 0 saturated heterocycles. The second kappa shape index (κ2) is 9.28. The molecule has 2 aromatic heterocycles. The standard InChI is InChI=1S/C25H30N8O2/c1-24(2,3)32-20(34)15-33-14-18(13-30-33)21(35)31-22(26)25(9-4-10-25)19-7-5-16(6-8-19)17-11-28-23(27)29-12-17/h5-8,11-14H,4,9-10,15H2,1-3H3,(H,32,34)(H2,26,31,35)(H2,27,28,29)/p+1. The summed E-state index contributed by atoms with van der Waals surface area (Å²) in [4.78, 5) is 24.6. The van der Waals surface area contributed by atoms with E-state index in [9.17, 15) is 4.79 Å². The van der Waals surface area contributed by atoms with Crippen LogP contribution in [0.25, 0.3) is 11.1 Å². The van der Waals surface area contributed by atoms with Gasteiger partial charge in [0.15, 0.2) is 0 Å². The molecule has 10 heteroatoms. The van der Waals surface area contributed by atoms with Gasteiger partial charge in [0.2, 0.25) is 11.9 Å². The third kappa shape index (κ3) is 5.37. The molecule has 0 atom stereocenters. The largest absolute Gasteiger partial charge is 0.578 e. The molecule has 0 bridgehead atoms. The van der Waals surface area contributed by atoms with Crippen molar-refractivity contribution in [2.75, 3.05) is 5.73 Å². The number of nitrogens with two attached hydrogens (primary N) is 1. The number of nitrogens with zero attached hydrogens (tertiary/aromatic N) is 5. The average Bonchev–Trinajstić information content (AvgIpc) is 3.21. The molecule has 0 aliphatic heterocycles. The maximum atomic E-state index is 12.2. The lowest BCUT2D eigenvalue weighted by Gasteiger charge is -2.41. The van der Waals surface area contributed by atoms with E-state index >= 15 is 0 Å². The van der Waals surface area contributed by atoms with Crippen molar-refractivity contribution in [3.05, 3.63) is 60.2 Å². The number of nitrogens with one attached hydrogen (secondary N) is 2. The molecule has 1 saturated carbocycles. The normalized spacial score (nSPS) is 15.3. The molecule has 1 aliphatic rings. The summed E-state index contributed by atoms with van der Waals surface area (Å²) in [5.74, 6) is 0.190. The molecule has 1 fully saturated rings. The van der Waals surface area contributed by atoms with Crippen molar-refractivity contribution in [1.29, 1.82) is 5.41 Å². The van der Waals surface area contributed by atoms with Gasteiger partial charge in [-0.1, -0.05) is 30.7 Å². The Morgan fingerprint density at radius 3 is 2.40 bits per heavy atom. The minimum Gasteiger partial charge on any atom is -0.578 e. The highest BCUT2D eigenvalue weighted by atomic mass is 16.3. The summed E-state index contributed by atoms with van der Waals surface area (Å²) < 4.78 is 1.48. The van der Waals surface area contributed by atoms with Gasteiger partial charge in [-0.2, -0.15) is 5.10 Å². The van der Waals surface area contributed by atoms with Gasteiger partial charge in [-0.25, -0.2) is 9.97 Å². The van der Waals surface area contributed by atoms with Gasteiger partial charge >= 0.3 is 5.90 Å². The zero-order chi connectivity index (χ0) is 25.2. The fourth-order valence-electron chi connectivity index (χ4n) is 4.12. The maximum absolute atomic E-state index is 12.2. The number of hydrogen-bond acceptors (Lipinski definition) is 6. The first-order valence-electron chi connectivity index (χ1n) is 11.5. The van der Waals surface area contributed by atoms with Crippen molar-refractivity contribution in [2.24, 2.45) is 4.99 Å². The van der Waals surface area contributed by atoms with Crippen molar-refractivity contribution in [2.45, 2.75) is 57.5 Å². The lowest BCUT2D eigenvalue weighted by molar-refractivity contribution is -0.123. The fourth-order valence-corrected chi connectivity index (χ4v) is 4.12. The van der Waals surface area contributed by atoms with Crippen LogP contribution in [0.1, 0.15) is 51.2 Å².